The SMILES string of the molecule is CN(Cc1ccc(OCC2=C(C(=O)O)N3C(=O)[C@@H](NC(=O)C4CC[C@H]5CN4C(=O)N5OS(=O)(=O)O)[C@H]3SC2)cc1)S(=O)(=O)c1ccccc1-c1c2ccc(=[N+]3CCc4ccccc43)cc-2oc2cc(N3CCc4ccccc43)ccc12. The Balaban J connectivity index is 0.725. The van der Waals surface area contributed by atoms with Crippen molar-refractivity contribution in [3.63, 3.8) is 0 Å². The van der Waals surface area contributed by atoms with E-state index in [9.17, 15) is 41.1 Å². The van der Waals surface area contributed by atoms with Crippen LogP contribution in [0.25, 0.3) is 33.4 Å². The Labute approximate surface area is 469 Å². The van der Waals surface area contributed by atoms with Crippen LogP contribution in [0.3, 0.4) is 0 Å². The first kappa shape index (κ1) is 52.3. The Morgan fingerprint density at radius 1 is 0.864 bits per heavy atom. The molecule has 3 saturated heterocycles. The highest BCUT2D eigenvalue weighted by atomic mass is 32.3. The third kappa shape index (κ3) is 9.26. The number of sulfonamides is 1. The number of piperidine rings is 1. The minimum absolute atomic E-state index is 0.00152. The fraction of sp³-hybridized carbons (Fsp3) is 0.259. The number of nitrogens with one attached hydrogen (secondary N) is 1. The quantitative estimate of drug-likeness (QED) is 0.0456. The zero-order valence-corrected chi connectivity index (χ0v) is 45.8. The summed E-state index contributed by atoms with van der Waals surface area (Å²) in [7, 11) is -7.62. The molecule has 23 heteroatoms. The van der Waals surface area contributed by atoms with Crippen LogP contribution >= 0.6 is 11.8 Å². The molecule has 4 amide bonds. The van der Waals surface area contributed by atoms with Gasteiger partial charge in [0.25, 0.3) is 5.91 Å². The molecule has 5 aromatic rings. The van der Waals surface area contributed by atoms with E-state index in [0.29, 0.717) is 38.9 Å². The second kappa shape index (κ2) is 20.2. The van der Waals surface area contributed by atoms with Crippen molar-refractivity contribution < 1.29 is 59.1 Å². The minimum atomic E-state index is -5.00. The molecule has 0 spiro atoms. The Hall–Kier alpha value is -8.06. The topological polar surface area (TPSA) is 240 Å². The minimum Gasteiger partial charge on any atom is -0.489 e. The van der Waals surface area contributed by atoms with Crippen LogP contribution in [0, 0.1) is 0 Å². The molecule has 5 aromatic carbocycles. The molecule has 3 fully saturated rings. The number of hydrogen-bond donors (Lipinski definition) is 3. The fourth-order valence-corrected chi connectivity index (χ4v) is 15.2. The van der Waals surface area contributed by atoms with Gasteiger partial charge in [-0.3, -0.25) is 19.0 Å². The Morgan fingerprint density at radius 3 is 2.43 bits per heavy atom. The first-order valence-electron chi connectivity index (χ1n) is 26.3. The number of ether oxygens (including phenoxy) is 1. The zero-order chi connectivity index (χ0) is 56.1. The van der Waals surface area contributed by atoms with E-state index < -0.39 is 67.7 Å². The first-order valence-corrected chi connectivity index (χ1v) is 30.2. The van der Waals surface area contributed by atoms with Crippen molar-refractivity contribution in [2.75, 3.05) is 43.9 Å². The van der Waals surface area contributed by atoms with Gasteiger partial charge in [0.2, 0.25) is 27.0 Å². The lowest BCUT2D eigenvalue weighted by Crippen LogP contribution is -2.71. The first-order chi connectivity index (χ1) is 39.0. The van der Waals surface area contributed by atoms with E-state index in [1.807, 2.05) is 48.5 Å². The largest absolute Gasteiger partial charge is 0.489 e. The van der Waals surface area contributed by atoms with Crippen LogP contribution in [0.15, 0.2) is 154 Å². The number of amides is 4. The van der Waals surface area contributed by atoms with Crippen LogP contribution in [0.4, 0.5) is 21.9 Å². The van der Waals surface area contributed by atoms with E-state index >= 15 is 0 Å². The number of hydrogen-bond acceptors (Lipinski definition) is 13. The predicted octanol–water partition coefficient (Wildman–Crippen LogP) is 6.50. The maximum absolute atomic E-state index is 15.0. The molecule has 0 aromatic heterocycles. The molecule has 7 heterocycles. The zero-order valence-electron chi connectivity index (χ0n) is 43.4. The normalized spacial score (nSPS) is 21.2. The summed E-state index contributed by atoms with van der Waals surface area (Å²) in [4.78, 5) is 57.2. The number of aliphatic carboxylic acids is 1. The van der Waals surface area contributed by atoms with Crippen molar-refractivity contribution in [1.29, 1.82) is 0 Å². The van der Waals surface area contributed by atoms with Crippen molar-refractivity contribution >= 4 is 84.0 Å². The van der Waals surface area contributed by atoms with Crippen molar-refractivity contribution in [2.24, 2.45) is 0 Å². The highest BCUT2D eigenvalue weighted by Crippen LogP contribution is 2.46. The van der Waals surface area contributed by atoms with E-state index in [4.69, 9.17) is 13.7 Å². The lowest BCUT2D eigenvalue weighted by Gasteiger charge is -2.49. The maximum Gasteiger partial charge on any atom is 0.418 e. The lowest BCUT2D eigenvalue weighted by molar-refractivity contribution is -0.151. The second-order valence-corrected chi connectivity index (χ2v) is 24.9. The molecule has 81 heavy (non-hydrogen) atoms. The molecule has 1 aliphatic carbocycles. The van der Waals surface area contributed by atoms with Crippen LogP contribution in [-0.2, 0) is 58.5 Å². The molecule has 414 valence electrons. The third-order valence-corrected chi connectivity index (χ3v) is 19.6. The molecule has 1 unspecified atom stereocenters. The van der Waals surface area contributed by atoms with Gasteiger partial charge in [0.15, 0.2) is 6.54 Å². The lowest BCUT2D eigenvalue weighted by atomic mass is 9.93. The van der Waals surface area contributed by atoms with Gasteiger partial charge >= 0.3 is 22.4 Å². The summed E-state index contributed by atoms with van der Waals surface area (Å²) >= 11 is 1.23. The number of benzene rings is 6. The standard InChI is InChI=1S/C58H51N7O13S3/c1-60(30-34-14-19-41(20-15-34)76-32-37-33-79-56-52(55(67)64(56)53(37)57(68)69)59-54(66)47-23-18-40-31-63(47)58(70)65(40)78-81(73,74)75)80(71,72)50-13-7-4-10-44(50)51-42-21-16-38(61-26-24-35-8-2-5-11-45(35)61)28-48(42)77-49-29-39(17-22-43(49)51)62-27-25-36-9-3-6-12-46(36)62/h2-17,19-22,28-29,40,47,52,56H,18,23-27,30-33H2,1H3,(H2-,59,66,68,69,73,74,75)/p+1/t40-,47?,52+,56+/m0/s1. The van der Waals surface area contributed by atoms with Crippen LogP contribution in [0.5, 0.6) is 5.75 Å². The summed E-state index contributed by atoms with van der Waals surface area (Å²) in [6.45, 7) is 1.40. The molecule has 7 aliphatic heterocycles. The van der Waals surface area contributed by atoms with Crippen LogP contribution < -0.4 is 24.9 Å². The fourth-order valence-electron chi connectivity index (χ4n) is 12.1. The summed E-state index contributed by atoms with van der Waals surface area (Å²) in [6.07, 6.45) is 2.14. The van der Waals surface area contributed by atoms with Gasteiger partial charge in [0.1, 0.15) is 46.9 Å². The van der Waals surface area contributed by atoms with Gasteiger partial charge in [0.05, 0.1) is 17.0 Å². The molecular formula is C58H52N7O13S3+. The Morgan fingerprint density at radius 2 is 1.63 bits per heavy atom. The molecule has 2 bridgehead atoms. The van der Waals surface area contributed by atoms with Crippen molar-refractivity contribution in [2.45, 2.75) is 60.6 Å². The number of hydroxylamine groups is 2. The smallest absolute Gasteiger partial charge is 0.418 e. The Kier molecular flexibility index (Phi) is 13.0. The van der Waals surface area contributed by atoms with Crippen LogP contribution in [0.1, 0.15) is 29.5 Å². The van der Waals surface area contributed by atoms with Gasteiger partial charge in [0, 0.05) is 102 Å². The number of nitrogens with zero attached hydrogens (tertiary/aromatic N) is 6. The van der Waals surface area contributed by atoms with E-state index in [1.165, 1.54) is 34.2 Å². The van der Waals surface area contributed by atoms with E-state index in [2.05, 4.69) is 67.6 Å². The molecule has 0 radical (unpaired) electrons. The van der Waals surface area contributed by atoms with E-state index in [0.717, 1.165) is 74.7 Å². The molecule has 13 rings (SSSR count). The van der Waals surface area contributed by atoms with Gasteiger partial charge in [-0.05, 0) is 72.9 Å². The summed E-state index contributed by atoms with van der Waals surface area (Å²) in [5.41, 5.74) is 9.12. The van der Waals surface area contributed by atoms with Crippen molar-refractivity contribution in [3.8, 4) is 28.2 Å². The number of carboxylic acids is 1. The maximum atomic E-state index is 15.0. The van der Waals surface area contributed by atoms with Crippen molar-refractivity contribution in [3.05, 3.63) is 167 Å². The number of urea groups is 1. The number of β-lactam (4-membered cyclic amide) rings is 1. The number of thioether (sulfide) groups is 1. The summed E-state index contributed by atoms with van der Waals surface area (Å²) < 4.78 is 82.6. The number of para-hydroxylation sites is 2. The number of carboxylic acid groups (broad SMARTS) is 1. The average molecular weight is 1150 g/mol. The summed E-state index contributed by atoms with van der Waals surface area (Å²) in [5.74, 6) is -1.58. The van der Waals surface area contributed by atoms with Gasteiger partial charge < -0.3 is 29.4 Å². The summed E-state index contributed by atoms with van der Waals surface area (Å²) in [6, 6.07) is 39.0. The van der Waals surface area contributed by atoms with E-state index in [1.54, 1.807) is 36.4 Å². The number of rotatable bonds is 14. The highest BCUT2D eigenvalue weighted by Gasteiger charge is 2.56. The molecule has 20 nitrogen and oxygen atoms in total. The predicted molar refractivity (Wildman–Crippen MR) is 299 cm³/mol. The monoisotopic (exact) mass is 1150 g/mol. The molecule has 8 aliphatic rings. The second-order valence-electron chi connectivity index (χ2n) is 20.8. The number of carbonyl (C=O) groups is 4. The van der Waals surface area contributed by atoms with E-state index in [-0.39, 0.29) is 48.9 Å². The van der Waals surface area contributed by atoms with Gasteiger partial charge in [-0.2, -0.15) is 22.4 Å². The van der Waals surface area contributed by atoms with Gasteiger partial charge in [-0.25, -0.2) is 18.0 Å². The molecule has 3 N–H and O–H groups in total. The number of carbonyl (C=O) groups excluding carboxylic acids is 3. The third-order valence-electron chi connectivity index (χ3n) is 16.0. The number of fused-ring (bicyclic) bond motifs is 7. The molecule has 4 atom stereocenters. The molecular weight excluding hydrogens is 1100 g/mol. The highest BCUT2D eigenvalue weighted by molar-refractivity contribution is 8.00. The average Bonchev–Trinajstić information content (AvgIpc) is 4.22. The Bertz CT molecular complexity index is 4110. The van der Waals surface area contributed by atoms with Gasteiger partial charge in [-0.1, -0.05) is 66.7 Å². The summed E-state index contributed by atoms with van der Waals surface area (Å²) in [5, 5.41) is 14.5. The van der Waals surface area contributed by atoms with Crippen LogP contribution in [-0.4, -0.2) is 132 Å². The van der Waals surface area contributed by atoms with Gasteiger partial charge in [-0.15, -0.1) is 16.0 Å². The van der Waals surface area contributed by atoms with Crippen molar-refractivity contribution in [1.82, 2.24) is 29.1 Å². The molecule has 0 saturated carbocycles. The number of anilines is 2. The van der Waals surface area contributed by atoms with Crippen LogP contribution in [0.2, 0.25) is 0 Å².